The quantitative estimate of drug-likeness (QED) is 0.322. The molecule has 1 atom stereocenters. The van der Waals surface area contributed by atoms with E-state index in [4.69, 9.17) is 0 Å². The summed E-state index contributed by atoms with van der Waals surface area (Å²) in [7, 11) is 0. The maximum atomic E-state index is 3.37. The normalized spacial score (nSPS) is 14.4. The predicted octanol–water partition coefficient (Wildman–Crippen LogP) is 0.952. The van der Waals surface area contributed by atoms with Gasteiger partial charge in [-0.15, -0.1) is 17.2 Å². The van der Waals surface area contributed by atoms with Crippen molar-refractivity contribution in [2.24, 2.45) is 5.92 Å². The summed E-state index contributed by atoms with van der Waals surface area (Å²) in [5.41, 5.74) is 8.06. The fourth-order valence-electron chi connectivity index (χ4n) is 3.18. The van der Waals surface area contributed by atoms with E-state index in [9.17, 15) is 0 Å². The Hall–Kier alpha value is -1.05. The summed E-state index contributed by atoms with van der Waals surface area (Å²) in [5.74, 6) is 0.491. The minimum Gasteiger partial charge on any atom is -1.00 e. The second kappa shape index (κ2) is 13.4. The van der Waals surface area contributed by atoms with Crippen LogP contribution in [0.2, 0.25) is 0 Å². The van der Waals surface area contributed by atoms with Crippen molar-refractivity contribution in [2.45, 2.75) is 27.2 Å². The minimum absolute atomic E-state index is 0. The van der Waals surface area contributed by atoms with Gasteiger partial charge in [-0.25, -0.2) is 0 Å². The average molecular weight is 531 g/mol. The van der Waals surface area contributed by atoms with Gasteiger partial charge in [-0.1, -0.05) is 59.7 Å². The Kier molecular flexibility index (Phi) is 12.0. The van der Waals surface area contributed by atoms with Crippen LogP contribution in [-0.2, 0) is 30.7 Å². The largest absolute Gasteiger partial charge is 1.00 e. The zero-order valence-corrected chi connectivity index (χ0v) is 22.2. The SMILES string of the molecule is CC1[C-]=C(c2ccsc2)C=C1.C[C](C)=[Zr+2].[Cl-].[Cl-].[c-]1cccc2c1Cc1ccccc1-2. The van der Waals surface area contributed by atoms with Gasteiger partial charge in [-0.2, -0.15) is 58.9 Å². The molecule has 0 radical (unpaired) electrons. The maximum absolute atomic E-state index is 3.37. The standard InChI is InChI=1S/C13H9.C10H9S.C3H6.2ClH.Zr/c1-3-7-12-10(5-1)9-11-6-2-4-8-13(11)12;1-8-2-3-9(6-8)10-4-5-11-7-10;1-3-2;;;/h1-5,7-8H,9H2;2-5,7-8H,1H3;1-2H3;2*1H;/q2*-1;;;;+2/p-2. The topological polar surface area (TPSA) is 0 Å². The third kappa shape index (κ3) is 7.58. The van der Waals surface area contributed by atoms with Crippen molar-refractivity contribution in [1.29, 1.82) is 0 Å². The van der Waals surface area contributed by atoms with E-state index < -0.39 is 0 Å². The van der Waals surface area contributed by atoms with Gasteiger partial charge in [0.25, 0.3) is 0 Å². The number of fused-ring (bicyclic) bond motifs is 3. The first kappa shape index (κ1) is 27.0. The summed E-state index contributed by atoms with van der Waals surface area (Å²) in [5, 5.41) is 4.26. The maximum Gasteiger partial charge on any atom is -0.0253 e. The van der Waals surface area contributed by atoms with Gasteiger partial charge in [0, 0.05) is 0 Å². The Morgan fingerprint density at radius 1 is 1.03 bits per heavy atom. The summed E-state index contributed by atoms with van der Waals surface area (Å²) in [6.07, 6.45) is 8.74. The molecule has 5 rings (SSSR count). The molecule has 1 aromatic heterocycles. The molecular formula is C26H24Cl2SZr-2. The average Bonchev–Trinajstić information content (AvgIpc) is 3.41. The van der Waals surface area contributed by atoms with Crippen molar-refractivity contribution in [3.05, 3.63) is 100 Å². The first-order valence-corrected chi connectivity index (χ1v) is 11.7. The number of rotatable bonds is 1. The van der Waals surface area contributed by atoms with E-state index in [0.717, 1.165) is 6.42 Å². The van der Waals surface area contributed by atoms with E-state index in [1.807, 2.05) is 6.07 Å². The van der Waals surface area contributed by atoms with Crippen molar-refractivity contribution in [3.63, 3.8) is 0 Å². The zero-order valence-electron chi connectivity index (χ0n) is 17.4. The van der Waals surface area contributed by atoms with Crippen molar-refractivity contribution in [2.75, 3.05) is 0 Å². The molecule has 4 heteroatoms. The monoisotopic (exact) mass is 528 g/mol. The predicted molar refractivity (Wildman–Crippen MR) is 119 cm³/mol. The van der Waals surface area contributed by atoms with Crippen LogP contribution in [0.1, 0.15) is 37.5 Å². The van der Waals surface area contributed by atoms with Gasteiger partial charge in [0.2, 0.25) is 0 Å². The van der Waals surface area contributed by atoms with Crippen LogP contribution in [0.3, 0.4) is 0 Å². The number of halogens is 2. The molecule has 0 nitrogen and oxygen atoms in total. The molecular weight excluding hydrogens is 506 g/mol. The molecule has 1 unspecified atom stereocenters. The molecule has 0 fully saturated rings. The van der Waals surface area contributed by atoms with Crippen LogP contribution < -0.4 is 24.8 Å². The first-order valence-electron chi connectivity index (χ1n) is 9.48. The third-order valence-electron chi connectivity index (χ3n) is 4.38. The van der Waals surface area contributed by atoms with Crippen molar-refractivity contribution in [3.8, 4) is 11.1 Å². The molecule has 1 heterocycles. The summed E-state index contributed by atoms with van der Waals surface area (Å²) in [6.45, 7) is 6.40. The Balaban J connectivity index is 0.000000244. The van der Waals surface area contributed by atoms with E-state index >= 15 is 0 Å². The second-order valence-electron chi connectivity index (χ2n) is 7.11. The van der Waals surface area contributed by atoms with Crippen LogP contribution >= 0.6 is 11.3 Å². The summed E-state index contributed by atoms with van der Waals surface area (Å²) >= 11 is 3.29. The van der Waals surface area contributed by atoms with Gasteiger partial charge in [-0.3, -0.25) is 0 Å². The van der Waals surface area contributed by atoms with Crippen LogP contribution in [0.5, 0.6) is 0 Å². The van der Waals surface area contributed by atoms with Crippen molar-refractivity contribution in [1.82, 2.24) is 0 Å². The van der Waals surface area contributed by atoms with Crippen LogP contribution in [-0.4, -0.2) is 3.21 Å². The molecule has 0 N–H and O–H groups in total. The smallest absolute Gasteiger partial charge is 0.0253 e. The molecule has 154 valence electrons. The van der Waals surface area contributed by atoms with Gasteiger partial charge >= 0.3 is 41.3 Å². The molecule has 0 amide bonds. The van der Waals surface area contributed by atoms with Gasteiger partial charge in [0.1, 0.15) is 0 Å². The molecule has 30 heavy (non-hydrogen) atoms. The minimum atomic E-state index is 0. The van der Waals surface area contributed by atoms with E-state index in [2.05, 4.69) is 98.3 Å². The van der Waals surface area contributed by atoms with E-state index in [1.54, 1.807) is 35.6 Å². The zero-order chi connectivity index (χ0) is 19.9. The Bertz CT molecular complexity index is 956. The number of hydrogen-bond acceptors (Lipinski definition) is 1. The number of thiophene rings is 1. The van der Waals surface area contributed by atoms with Crippen LogP contribution in [0.4, 0.5) is 0 Å². The number of allylic oxidation sites excluding steroid dienone is 4. The van der Waals surface area contributed by atoms with Crippen molar-refractivity contribution < 1.29 is 49.0 Å². The Morgan fingerprint density at radius 3 is 2.37 bits per heavy atom. The molecule has 2 aromatic carbocycles. The summed E-state index contributed by atoms with van der Waals surface area (Å²) < 4.78 is 1.51. The molecule has 0 spiro atoms. The summed E-state index contributed by atoms with van der Waals surface area (Å²) in [4.78, 5) is 0. The van der Waals surface area contributed by atoms with E-state index in [-0.39, 0.29) is 24.8 Å². The molecule has 0 saturated carbocycles. The fourth-order valence-corrected chi connectivity index (χ4v) is 3.83. The molecule has 0 aliphatic heterocycles. The van der Waals surface area contributed by atoms with Crippen molar-refractivity contribution >= 4 is 20.1 Å². The van der Waals surface area contributed by atoms with Gasteiger partial charge in [0.15, 0.2) is 0 Å². The van der Waals surface area contributed by atoms with Crippen LogP contribution in [0.15, 0.2) is 71.4 Å². The van der Waals surface area contributed by atoms with Gasteiger partial charge < -0.3 is 24.8 Å². The molecule has 2 aliphatic rings. The molecule has 0 saturated heterocycles. The molecule has 0 bridgehead atoms. The third-order valence-corrected chi connectivity index (χ3v) is 5.07. The number of hydrogen-bond donors (Lipinski definition) is 0. The number of benzene rings is 2. The van der Waals surface area contributed by atoms with Gasteiger partial charge in [-0.05, 0) is 11.8 Å². The summed E-state index contributed by atoms with van der Waals surface area (Å²) in [6, 6.07) is 20.2. The van der Waals surface area contributed by atoms with Gasteiger partial charge in [0.05, 0.1) is 0 Å². The Labute approximate surface area is 212 Å². The molecule has 3 aromatic rings. The Morgan fingerprint density at radius 2 is 1.73 bits per heavy atom. The first-order chi connectivity index (χ1) is 13.5. The van der Waals surface area contributed by atoms with Crippen LogP contribution in [0, 0.1) is 18.1 Å². The van der Waals surface area contributed by atoms with Crippen LogP contribution in [0.25, 0.3) is 16.7 Å². The molecule has 2 aliphatic carbocycles. The van der Waals surface area contributed by atoms with E-state index in [1.165, 1.54) is 36.6 Å². The van der Waals surface area contributed by atoms with E-state index in [0.29, 0.717) is 5.92 Å². The second-order valence-corrected chi connectivity index (χ2v) is 10.4. The fraction of sp³-hybridized carbons (Fsp3) is 0.192.